The highest BCUT2D eigenvalue weighted by atomic mass is 19.4. The minimum Gasteiger partial charge on any atom is -0.390 e. The van der Waals surface area contributed by atoms with Crippen molar-refractivity contribution in [3.63, 3.8) is 0 Å². The molecule has 2 aromatic carbocycles. The molecular formula is C16H13F3NO. The van der Waals surface area contributed by atoms with Gasteiger partial charge in [-0.3, -0.25) is 0 Å². The van der Waals surface area contributed by atoms with Crippen molar-refractivity contribution in [2.45, 2.75) is 19.7 Å². The summed E-state index contributed by atoms with van der Waals surface area (Å²) < 4.78 is 38.2. The van der Waals surface area contributed by atoms with Crippen molar-refractivity contribution in [3.8, 4) is 0 Å². The predicted molar refractivity (Wildman–Crippen MR) is 73.9 cm³/mol. The predicted octanol–water partition coefficient (Wildman–Crippen LogP) is 4.44. The number of hydrogen-bond acceptors (Lipinski definition) is 2. The summed E-state index contributed by atoms with van der Waals surface area (Å²) in [5, 5.41) is 3.48. The van der Waals surface area contributed by atoms with E-state index in [4.69, 9.17) is 4.84 Å². The Bertz CT molecular complexity index is 618. The van der Waals surface area contributed by atoms with E-state index >= 15 is 0 Å². The van der Waals surface area contributed by atoms with Gasteiger partial charge in [-0.1, -0.05) is 53.2 Å². The van der Waals surface area contributed by atoms with E-state index in [1.807, 2.05) is 31.2 Å². The summed E-state index contributed by atoms with van der Waals surface area (Å²) >= 11 is 0. The first-order valence-corrected chi connectivity index (χ1v) is 6.26. The quantitative estimate of drug-likeness (QED) is 0.603. The van der Waals surface area contributed by atoms with Gasteiger partial charge < -0.3 is 4.84 Å². The van der Waals surface area contributed by atoms with Crippen LogP contribution in [0.1, 0.15) is 22.3 Å². The zero-order valence-corrected chi connectivity index (χ0v) is 11.3. The molecule has 0 aliphatic carbocycles. The Labute approximate surface area is 120 Å². The molecule has 0 saturated heterocycles. The number of hydrogen-bond donors (Lipinski definition) is 0. The molecular weight excluding hydrogens is 279 g/mol. The summed E-state index contributed by atoms with van der Waals surface area (Å²) in [7, 11) is 0. The molecule has 0 amide bonds. The molecule has 0 fully saturated rings. The lowest BCUT2D eigenvalue weighted by molar-refractivity contribution is -0.137. The Hall–Kier alpha value is -2.30. The van der Waals surface area contributed by atoms with Gasteiger partial charge >= 0.3 is 6.18 Å². The van der Waals surface area contributed by atoms with Gasteiger partial charge in [-0.15, -0.1) is 0 Å². The first-order chi connectivity index (χ1) is 9.97. The van der Waals surface area contributed by atoms with Crippen LogP contribution in [0.15, 0.2) is 53.7 Å². The number of halogens is 3. The van der Waals surface area contributed by atoms with Crippen molar-refractivity contribution < 1.29 is 18.0 Å². The van der Waals surface area contributed by atoms with Crippen molar-refractivity contribution in [3.05, 3.63) is 70.8 Å². The third kappa shape index (κ3) is 4.34. The SMILES string of the molecule is Cc1ccc(CO/N=[C]\c2ccccc2C(F)(F)F)cc1. The van der Waals surface area contributed by atoms with Crippen LogP contribution in [0, 0.1) is 6.92 Å². The van der Waals surface area contributed by atoms with Gasteiger partial charge in [-0.05, 0) is 18.6 Å². The fourth-order valence-electron chi connectivity index (χ4n) is 1.70. The molecule has 2 aromatic rings. The largest absolute Gasteiger partial charge is 0.417 e. The fraction of sp³-hybridized carbons (Fsp3) is 0.188. The number of aryl methyl sites for hydroxylation is 1. The fourth-order valence-corrected chi connectivity index (χ4v) is 1.70. The van der Waals surface area contributed by atoms with Gasteiger partial charge in [0, 0.05) is 5.56 Å². The molecule has 21 heavy (non-hydrogen) atoms. The van der Waals surface area contributed by atoms with Crippen LogP contribution in [0.5, 0.6) is 0 Å². The van der Waals surface area contributed by atoms with Crippen molar-refractivity contribution in [2.75, 3.05) is 0 Å². The second-order valence-corrected chi connectivity index (χ2v) is 4.51. The van der Waals surface area contributed by atoms with E-state index < -0.39 is 11.7 Å². The highest BCUT2D eigenvalue weighted by Crippen LogP contribution is 2.31. The molecule has 5 heteroatoms. The minimum atomic E-state index is -4.43. The molecule has 0 bridgehead atoms. The van der Waals surface area contributed by atoms with E-state index in [0.717, 1.165) is 17.2 Å². The van der Waals surface area contributed by atoms with Crippen LogP contribution in [0.2, 0.25) is 0 Å². The Kier molecular flexibility index (Phi) is 4.62. The van der Waals surface area contributed by atoms with Gasteiger partial charge in [0.05, 0.1) is 5.56 Å². The molecule has 0 unspecified atom stereocenters. The number of nitrogens with zero attached hydrogens (tertiary/aromatic N) is 1. The monoisotopic (exact) mass is 292 g/mol. The van der Waals surface area contributed by atoms with Crippen LogP contribution < -0.4 is 0 Å². The zero-order valence-electron chi connectivity index (χ0n) is 11.3. The number of rotatable bonds is 4. The van der Waals surface area contributed by atoms with Crippen molar-refractivity contribution in [2.24, 2.45) is 5.16 Å². The van der Waals surface area contributed by atoms with Crippen molar-refractivity contribution >= 4 is 6.21 Å². The Morgan fingerprint density at radius 1 is 1.05 bits per heavy atom. The third-order valence-corrected chi connectivity index (χ3v) is 2.81. The Morgan fingerprint density at radius 2 is 1.71 bits per heavy atom. The highest BCUT2D eigenvalue weighted by Gasteiger charge is 2.32. The first kappa shape index (κ1) is 15.1. The normalized spacial score (nSPS) is 11.8. The van der Waals surface area contributed by atoms with Crippen LogP contribution in [0.25, 0.3) is 0 Å². The van der Waals surface area contributed by atoms with E-state index in [1.54, 1.807) is 0 Å². The van der Waals surface area contributed by atoms with E-state index in [-0.39, 0.29) is 12.2 Å². The van der Waals surface area contributed by atoms with Gasteiger partial charge in [0.15, 0.2) is 0 Å². The van der Waals surface area contributed by atoms with Crippen molar-refractivity contribution in [1.82, 2.24) is 0 Å². The molecule has 0 saturated carbocycles. The van der Waals surface area contributed by atoms with Crippen LogP contribution >= 0.6 is 0 Å². The van der Waals surface area contributed by atoms with Gasteiger partial charge in [0.2, 0.25) is 0 Å². The minimum absolute atomic E-state index is 0.145. The lowest BCUT2D eigenvalue weighted by Gasteiger charge is -2.08. The van der Waals surface area contributed by atoms with E-state index in [2.05, 4.69) is 11.4 Å². The van der Waals surface area contributed by atoms with Gasteiger partial charge in [-0.25, -0.2) is 0 Å². The summed E-state index contributed by atoms with van der Waals surface area (Å²) in [6.07, 6.45) is -2.15. The molecule has 0 N–H and O–H groups in total. The molecule has 2 rings (SSSR count). The van der Waals surface area contributed by atoms with Crippen LogP contribution in [0.4, 0.5) is 13.2 Å². The van der Waals surface area contributed by atoms with E-state index in [9.17, 15) is 13.2 Å². The maximum absolute atomic E-state index is 12.7. The first-order valence-electron chi connectivity index (χ1n) is 6.26. The molecule has 0 aliphatic heterocycles. The maximum Gasteiger partial charge on any atom is 0.417 e. The molecule has 0 aromatic heterocycles. The van der Waals surface area contributed by atoms with Gasteiger partial charge in [-0.2, -0.15) is 13.2 Å². The summed E-state index contributed by atoms with van der Waals surface area (Å²) in [6.45, 7) is 2.14. The average molecular weight is 292 g/mol. The smallest absolute Gasteiger partial charge is 0.390 e. The molecule has 0 spiro atoms. The standard InChI is InChI=1S/C16H13F3NO/c1-12-6-8-13(9-7-12)11-21-20-10-14-4-2-3-5-15(14)16(17,18)19/h2-9H,11H2,1H3. The number of benzene rings is 2. The second-order valence-electron chi connectivity index (χ2n) is 4.51. The summed E-state index contributed by atoms with van der Waals surface area (Å²) in [5.74, 6) is 0. The molecule has 1 radical (unpaired) electrons. The molecule has 0 aliphatic rings. The Balaban J connectivity index is 2.00. The number of alkyl halides is 3. The van der Waals surface area contributed by atoms with E-state index in [0.29, 0.717) is 0 Å². The third-order valence-electron chi connectivity index (χ3n) is 2.81. The van der Waals surface area contributed by atoms with Crippen LogP contribution in [0.3, 0.4) is 0 Å². The van der Waals surface area contributed by atoms with Crippen LogP contribution in [-0.2, 0) is 17.6 Å². The van der Waals surface area contributed by atoms with Gasteiger partial charge in [0.1, 0.15) is 12.8 Å². The zero-order chi connectivity index (χ0) is 15.3. The topological polar surface area (TPSA) is 21.6 Å². The summed E-state index contributed by atoms with van der Waals surface area (Å²) in [6, 6.07) is 12.7. The lowest BCUT2D eigenvalue weighted by atomic mass is 10.1. The molecule has 2 nitrogen and oxygen atoms in total. The second kappa shape index (κ2) is 6.43. The van der Waals surface area contributed by atoms with Gasteiger partial charge in [0.25, 0.3) is 0 Å². The van der Waals surface area contributed by atoms with Crippen LogP contribution in [-0.4, -0.2) is 6.21 Å². The average Bonchev–Trinajstić information content (AvgIpc) is 2.45. The molecule has 0 heterocycles. The molecule has 0 atom stereocenters. The molecule has 109 valence electrons. The van der Waals surface area contributed by atoms with E-state index in [1.165, 1.54) is 18.2 Å². The van der Waals surface area contributed by atoms with Crippen molar-refractivity contribution in [1.29, 1.82) is 0 Å². The summed E-state index contributed by atoms with van der Waals surface area (Å²) in [4.78, 5) is 4.98. The lowest BCUT2D eigenvalue weighted by Crippen LogP contribution is -2.08. The summed E-state index contributed by atoms with van der Waals surface area (Å²) in [5.41, 5.74) is 1.07. The maximum atomic E-state index is 12.7. The Morgan fingerprint density at radius 3 is 2.38 bits per heavy atom. The highest BCUT2D eigenvalue weighted by molar-refractivity contribution is 5.81.